The largest absolute Gasteiger partial charge is 0.469 e. The Labute approximate surface area is 130 Å². The average molecular weight is 379 g/mol. The van der Waals surface area contributed by atoms with Gasteiger partial charge < -0.3 is 9.64 Å². The number of likely N-dealkylation sites (tertiary alicyclic amines) is 1. The molecule has 0 spiro atoms. The van der Waals surface area contributed by atoms with Crippen LogP contribution in [0.4, 0.5) is 4.39 Å². The maximum atomic E-state index is 12.9. The Hall–Kier alpha value is -0.690. The van der Waals surface area contributed by atoms with Crippen molar-refractivity contribution in [2.45, 2.75) is 12.3 Å². The van der Waals surface area contributed by atoms with Gasteiger partial charge in [0.05, 0.1) is 13.0 Å². The van der Waals surface area contributed by atoms with E-state index in [-0.39, 0.29) is 47.6 Å². The first kappa shape index (κ1) is 16.4. The molecule has 0 radical (unpaired) electrons. The van der Waals surface area contributed by atoms with Gasteiger partial charge in [0.1, 0.15) is 5.82 Å². The number of methoxy groups -OCH3 is 1. The third-order valence-corrected chi connectivity index (χ3v) is 3.62. The monoisotopic (exact) mass is 379 g/mol. The highest BCUT2D eigenvalue weighted by atomic mass is 127. The lowest BCUT2D eigenvalue weighted by Crippen LogP contribution is -2.41. The summed E-state index contributed by atoms with van der Waals surface area (Å²) in [5, 5.41) is 0. The molecular formula is C14H19FINO2. The number of benzene rings is 1. The summed E-state index contributed by atoms with van der Waals surface area (Å²) >= 11 is 0. The van der Waals surface area contributed by atoms with Crippen LogP contribution >= 0.6 is 24.0 Å². The van der Waals surface area contributed by atoms with E-state index < -0.39 is 0 Å². The Morgan fingerprint density at radius 3 is 2.58 bits per heavy atom. The number of hydrogen-bond acceptors (Lipinski definition) is 3. The van der Waals surface area contributed by atoms with Crippen molar-refractivity contribution in [3.05, 3.63) is 35.6 Å². The van der Waals surface area contributed by atoms with Crippen molar-refractivity contribution in [3.8, 4) is 0 Å². The molecule has 1 saturated heterocycles. The molecule has 0 saturated carbocycles. The summed E-state index contributed by atoms with van der Waals surface area (Å²) in [6, 6.07) is 6.42. The highest BCUT2D eigenvalue weighted by Gasteiger charge is 2.34. The lowest BCUT2D eigenvalue weighted by molar-refractivity contribution is -0.148. The summed E-state index contributed by atoms with van der Waals surface area (Å²) in [5.41, 5.74) is 1.01. The molecule has 19 heavy (non-hydrogen) atoms. The van der Waals surface area contributed by atoms with Crippen molar-refractivity contribution in [1.29, 1.82) is 0 Å². The highest BCUT2D eigenvalue weighted by Crippen LogP contribution is 2.33. The minimum atomic E-state index is -0.249. The van der Waals surface area contributed by atoms with Gasteiger partial charge in [0.2, 0.25) is 0 Å². The SMILES string of the molecule is COC(=O)[C@H]1CN(C)CC[C@@H]1c1ccc(F)cc1.I. The van der Waals surface area contributed by atoms with Crippen molar-refractivity contribution in [3.63, 3.8) is 0 Å². The zero-order chi connectivity index (χ0) is 13.1. The van der Waals surface area contributed by atoms with Gasteiger partial charge in [0.15, 0.2) is 0 Å². The van der Waals surface area contributed by atoms with Crippen LogP contribution in [0.15, 0.2) is 24.3 Å². The lowest BCUT2D eigenvalue weighted by atomic mass is 9.80. The van der Waals surface area contributed by atoms with E-state index in [4.69, 9.17) is 4.74 Å². The van der Waals surface area contributed by atoms with Gasteiger partial charge in [0, 0.05) is 6.54 Å². The van der Waals surface area contributed by atoms with Crippen molar-refractivity contribution in [2.75, 3.05) is 27.2 Å². The van der Waals surface area contributed by atoms with Crippen molar-refractivity contribution in [1.82, 2.24) is 4.90 Å². The molecule has 1 heterocycles. The second-order valence-electron chi connectivity index (χ2n) is 4.84. The summed E-state index contributed by atoms with van der Waals surface area (Å²) in [6.45, 7) is 1.63. The molecule has 1 fully saturated rings. The number of piperidine rings is 1. The molecule has 0 amide bonds. The van der Waals surface area contributed by atoms with E-state index in [1.54, 1.807) is 12.1 Å². The van der Waals surface area contributed by atoms with E-state index in [2.05, 4.69) is 4.90 Å². The molecule has 3 nitrogen and oxygen atoms in total. The van der Waals surface area contributed by atoms with Crippen LogP contribution in [-0.4, -0.2) is 38.1 Å². The van der Waals surface area contributed by atoms with Crippen LogP contribution < -0.4 is 0 Å². The number of carbonyl (C=O) groups excluding carboxylic acids is 1. The third-order valence-electron chi connectivity index (χ3n) is 3.62. The van der Waals surface area contributed by atoms with Gasteiger partial charge in [-0.1, -0.05) is 12.1 Å². The lowest BCUT2D eigenvalue weighted by Gasteiger charge is -2.35. The van der Waals surface area contributed by atoms with Crippen LogP contribution in [0.25, 0.3) is 0 Å². The molecule has 0 N–H and O–H groups in total. The topological polar surface area (TPSA) is 29.5 Å². The Morgan fingerprint density at radius 1 is 1.37 bits per heavy atom. The van der Waals surface area contributed by atoms with Gasteiger partial charge in [-0.05, 0) is 43.6 Å². The zero-order valence-corrected chi connectivity index (χ0v) is 13.5. The molecule has 0 unspecified atom stereocenters. The van der Waals surface area contributed by atoms with Gasteiger partial charge in [-0.3, -0.25) is 4.79 Å². The van der Waals surface area contributed by atoms with Crippen LogP contribution in [0.5, 0.6) is 0 Å². The van der Waals surface area contributed by atoms with Crippen LogP contribution in [0.1, 0.15) is 17.9 Å². The molecule has 2 atom stereocenters. The first-order valence-electron chi connectivity index (χ1n) is 6.13. The number of rotatable bonds is 2. The molecule has 1 aromatic rings. The summed E-state index contributed by atoms with van der Waals surface area (Å²) in [6.07, 6.45) is 0.891. The minimum Gasteiger partial charge on any atom is -0.469 e. The van der Waals surface area contributed by atoms with Gasteiger partial charge in [-0.2, -0.15) is 0 Å². The number of ether oxygens (including phenoxy) is 1. The molecular weight excluding hydrogens is 360 g/mol. The molecule has 0 bridgehead atoms. The number of hydrogen-bond donors (Lipinski definition) is 0. The predicted molar refractivity (Wildman–Crippen MR) is 82.2 cm³/mol. The first-order valence-corrected chi connectivity index (χ1v) is 6.13. The van der Waals surface area contributed by atoms with Gasteiger partial charge in [-0.15, -0.1) is 24.0 Å². The number of halogens is 2. The molecule has 1 aliphatic heterocycles. The highest BCUT2D eigenvalue weighted by molar-refractivity contribution is 14.0. The van der Waals surface area contributed by atoms with Crippen LogP contribution in [-0.2, 0) is 9.53 Å². The average Bonchev–Trinajstić information content (AvgIpc) is 2.39. The van der Waals surface area contributed by atoms with Crippen molar-refractivity contribution < 1.29 is 13.9 Å². The zero-order valence-electron chi connectivity index (χ0n) is 11.1. The summed E-state index contributed by atoms with van der Waals surface area (Å²) in [4.78, 5) is 14.0. The fraction of sp³-hybridized carbons (Fsp3) is 0.500. The molecule has 0 aliphatic carbocycles. The van der Waals surface area contributed by atoms with E-state index in [9.17, 15) is 9.18 Å². The maximum Gasteiger partial charge on any atom is 0.310 e. The molecule has 0 aromatic heterocycles. The molecule has 1 aromatic carbocycles. The Balaban J connectivity index is 0.00000180. The minimum absolute atomic E-state index is 0. The second-order valence-corrected chi connectivity index (χ2v) is 4.84. The van der Waals surface area contributed by atoms with Crippen molar-refractivity contribution >= 4 is 29.9 Å². The smallest absolute Gasteiger partial charge is 0.310 e. The number of carbonyl (C=O) groups is 1. The van der Waals surface area contributed by atoms with Gasteiger partial charge >= 0.3 is 5.97 Å². The Bertz CT molecular complexity index is 424. The molecule has 2 rings (SSSR count). The van der Waals surface area contributed by atoms with Crippen LogP contribution in [0.3, 0.4) is 0 Å². The summed E-state index contributed by atoms with van der Waals surface area (Å²) in [5.74, 6) is -0.481. The standard InChI is InChI=1S/C14H18FNO2.HI/c1-16-8-7-12(13(9-16)14(17)18-2)10-3-5-11(15)6-4-10;/h3-6,12-13H,7-9H2,1-2H3;1H/t12-,13+;/m1./s1. The van der Waals surface area contributed by atoms with E-state index in [0.29, 0.717) is 6.54 Å². The fourth-order valence-electron chi connectivity index (χ4n) is 2.61. The first-order chi connectivity index (χ1) is 8.61. The number of nitrogens with zero attached hydrogens (tertiary/aromatic N) is 1. The normalized spacial score (nSPS) is 23.5. The predicted octanol–water partition coefficient (Wildman–Crippen LogP) is 2.65. The van der Waals surface area contributed by atoms with Crippen molar-refractivity contribution in [2.24, 2.45) is 5.92 Å². The molecule has 1 aliphatic rings. The van der Waals surface area contributed by atoms with Gasteiger partial charge in [-0.25, -0.2) is 4.39 Å². The van der Waals surface area contributed by atoms with E-state index in [1.165, 1.54) is 19.2 Å². The van der Waals surface area contributed by atoms with E-state index in [1.807, 2.05) is 7.05 Å². The molecule has 106 valence electrons. The quantitative estimate of drug-likeness (QED) is 0.585. The van der Waals surface area contributed by atoms with E-state index >= 15 is 0 Å². The third kappa shape index (κ3) is 3.89. The Morgan fingerprint density at radius 2 is 2.00 bits per heavy atom. The summed E-state index contributed by atoms with van der Waals surface area (Å²) in [7, 11) is 3.41. The van der Waals surface area contributed by atoms with Crippen LogP contribution in [0, 0.1) is 11.7 Å². The summed E-state index contributed by atoms with van der Waals surface area (Å²) < 4.78 is 17.8. The second kappa shape index (κ2) is 7.19. The fourth-order valence-corrected chi connectivity index (χ4v) is 2.61. The maximum absolute atomic E-state index is 12.9. The van der Waals surface area contributed by atoms with E-state index in [0.717, 1.165) is 18.5 Å². The molecule has 5 heteroatoms. The van der Waals surface area contributed by atoms with Gasteiger partial charge in [0.25, 0.3) is 0 Å². The van der Waals surface area contributed by atoms with Crippen LogP contribution in [0.2, 0.25) is 0 Å². The Kier molecular flexibility index (Phi) is 6.19. The number of esters is 1.